The zero-order valence-electron chi connectivity index (χ0n) is 12.5. The first-order chi connectivity index (χ1) is 10.3. The summed E-state index contributed by atoms with van der Waals surface area (Å²) < 4.78 is 38.4. The highest BCUT2D eigenvalue weighted by atomic mass is 19.4. The maximum absolute atomic E-state index is 12.8. The molecule has 2 rings (SSSR count). The van der Waals surface area contributed by atoms with E-state index < -0.39 is 11.7 Å². The molecular weight excluding hydrogens is 289 g/mol. The van der Waals surface area contributed by atoms with Crippen molar-refractivity contribution < 1.29 is 13.2 Å². The van der Waals surface area contributed by atoms with Crippen molar-refractivity contribution in [1.82, 2.24) is 0 Å². The number of halogens is 3. The zero-order chi connectivity index (χ0) is 16.3. The van der Waals surface area contributed by atoms with E-state index in [1.807, 2.05) is 24.3 Å². The molecule has 3 N–H and O–H groups in total. The highest BCUT2D eigenvalue weighted by Gasteiger charge is 2.33. The standard InChI is InChI=1S/C17H19F3N2/c1-11(2)13-5-3-12(4-6-13)10-22-14-7-8-16(21)15(9-14)17(18,19)20/h3-9,11,22H,10,21H2,1-2H3. The molecule has 0 spiro atoms. The lowest BCUT2D eigenvalue weighted by molar-refractivity contribution is -0.136. The molecular formula is C17H19F3N2. The highest BCUT2D eigenvalue weighted by molar-refractivity contribution is 5.58. The van der Waals surface area contributed by atoms with Crippen LogP contribution in [0.4, 0.5) is 24.5 Å². The van der Waals surface area contributed by atoms with E-state index in [0.29, 0.717) is 18.2 Å². The van der Waals surface area contributed by atoms with Crippen molar-refractivity contribution in [1.29, 1.82) is 0 Å². The fraction of sp³-hybridized carbons (Fsp3) is 0.294. The minimum atomic E-state index is -4.44. The molecule has 22 heavy (non-hydrogen) atoms. The van der Waals surface area contributed by atoms with Crippen molar-refractivity contribution in [2.45, 2.75) is 32.5 Å². The van der Waals surface area contributed by atoms with Gasteiger partial charge < -0.3 is 11.1 Å². The lowest BCUT2D eigenvalue weighted by Crippen LogP contribution is -2.10. The maximum atomic E-state index is 12.8. The first-order valence-electron chi connectivity index (χ1n) is 7.07. The topological polar surface area (TPSA) is 38.0 Å². The monoisotopic (exact) mass is 308 g/mol. The number of anilines is 2. The largest absolute Gasteiger partial charge is 0.418 e. The van der Waals surface area contributed by atoms with E-state index in [-0.39, 0.29) is 5.69 Å². The van der Waals surface area contributed by atoms with Crippen molar-refractivity contribution >= 4 is 11.4 Å². The number of nitrogens with two attached hydrogens (primary N) is 1. The van der Waals surface area contributed by atoms with Gasteiger partial charge in [-0.25, -0.2) is 0 Å². The minimum Gasteiger partial charge on any atom is -0.398 e. The molecule has 0 heterocycles. The Bertz CT molecular complexity index is 631. The molecule has 0 unspecified atom stereocenters. The van der Waals surface area contributed by atoms with Gasteiger partial charge in [0.05, 0.1) is 5.56 Å². The summed E-state index contributed by atoms with van der Waals surface area (Å²) >= 11 is 0. The van der Waals surface area contributed by atoms with Crippen LogP contribution < -0.4 is 11.1 Å². The van der Waals surface area contributed by atoms with Gasteiger partial charge in [-0.05, 0) is 35.2 Å². The van der Waals surface area contributed by atoms with Crippen molar-refractivity contribution in [2.24, 2.45) is 0 Å². The van der Waals surface area contributed by atoms with Crippen molar-refractivity contribution in [2.75, 3.05) is 11.1 Å². The molecule has 2 aromatic carbocycles. The van der Waals surface area contributed by atoms with E-state index >= 15 is 0 Å². The van der Waals surface area contributed by atoms with Gasteiger partial charge in [0.1, 0.15) is 0 Å². The van der Waals surface area contributed by atoms with Gasteiger partial charge in [-0.2, -0.15) is 13.2 Å². The smallest absolute Gasteiger partial charge is 0.398 e. The summed E-state index contributed by atoms with van der Waals surface area (Å²) in [6, 6.07) is 11.9. The molecule has 0 aromatic heterocycles. The van der Waals surface area contributed by atoms with E-state index in [1.54, 1.807) is 6.07 Å². The van der Waals surface area contributed by atoms with Crippen LogP contribution in [0.5, 0.6) is 0 Å². The molecule has 0 aliphatic heterocycles. The molecule has 0 aliphatic rings. The van der Waals surface area contributed by atoms with E-state index in [4.69, 9.17) is 5.73 Å². The molecule has 0 atom stereocenters. The number of nitrogens with one attached hydrogen (secondary N) is 1. The molecule has 0 saturated carbocycles. The van der Waals surface area contributed by atoms with E-state index in [9.17, 15) is 13.2 Å². The Morgan fingerprint density at radius 1 is 1.05 bits per heavy atom. The zero-order valence-corrected chi connectivity index (χ0v) is 12.5. The molecule has 0 fully saturated rings. The van der Waals surface area contributed by atoms with Gasteiger partial charge in [0.25, 0.3) is 0 Å². The SMILES string of the molecule is CC(C)c1ccc(CNc2ccc(N)c(C(F)(F)F)c2)cc1. The predicted molar refractivity (Wildman–Crippen MR) is 83.7 cm³/mol. The minimum absolute atomic E-state index is 0.265. The van der Waals surface area contributed by atoms with Gasteiger partial charge in [0.15, 0.2) is 0 Å². The van der Waals surface area contributed by atoms with Crippen molar-refractivity contribution in [3.8, 4) is 0 Å². The summed E-state index contributed by atoms with van der Waals surface area (Å²) in [5.41, 5.74) is 6.94. The Morgan fingerprint density at radius 3 is 2.23 bits per heavy atom. The van der Waals surface area contributed by atoms with Crippen LogP contribution in [0, 0.1) is 0 Å². The number of alkyl halides is 3. The van der Waals surface area contributed by atoms with Crippen LogP contribution in [0.25, 0.3) is 0 Å². The number of rotatable bonds is 4. The fourth-order valence-electron chi connectivity index (χ4n) is 2.14. The molecule has 0 bridgehead atoms. The second-order valence-electron chi connectivity index (χ2n) is 5.55. The summed E-state index contributed by atoms with van der Waals surface area (Å²) in [5.74, 6) is 0.452. The van der Waals surface area contributed by atoms with Gasteiger partial charge in [-0.15, -0.1) is 0 Å². The van der Waals surface area contributed by atoms with E-state index in [1.165, 1.54) is 11.6 Å². The molecule has 5 heteroatoms. The number of benzene rings is 2. The number of hydrogen-bond acceptors (Lipinski definition) is 2. The average molecular weight is 308 g/mol. The van der Waals surface area contributed by atoms with Crippen LogP contribution in [-0.4, -0.2) is 0 Å². The summed E-state index contributed by atoms with van der Waals surface area (Å²) in [6.07, 6.45) is -4.44. The van der Waals surface area contributed by atoms with Crippen LogP contribution in [0.15, 0.2) is 42.5 Å². The second kappa shape index (κ2) is 6.30. The van der Waals surface area contributed by atoms with Crippen LogP contribution in [-0.2, 0) is 12.7 Å². The third kappa shape index (κ3) is 3.93. The van der Waals surface area contributed by atoms with Gasteiger partial charge in [-0.3, -0.25) is 0 Å². The Balaban J connectivity index is 2.08. The number of hydrogen-bond donors (Lipinski definition) is 2. The highest BCUT2D eigenvalue weighted by Crippen LogP contribution is 2.35. The Morgan fingerprint density at radius 2 is 1.68 bits per heavy atom. The van der Waals surface area contributed by atoms with Crippen molar-refractivity contribution in [3.63, 3.8) is 0 Å². The summed E-state index contributed by atoms with van der Waals surface area (Å²) in [6.45, 7) is 4.68. The summed E-state index contributed by atoms with van der Waals surface area (Å²) in [4.78, 5) is 0. The molecule has 0 radical (unpaired) electrons. The molecule has 0 saturated heterocycles. The molecule has 118 valence electrons. The first kappa shape index (κ1) is 16.2. The fourth-order valence-corrected chi connectivity index (χ4v) is 2.14. The predicted octanol–water partition coefficient (Wildman–Crippen LogP) is 5.02. The van der Waals surface area contributed by atoms with Gasteiger partial charge >= 0.3 is 6.18 Å². The van der Waals surface area contributed by atoms with Crippen molar-refractivity contribution in [3.05, 3.63) is 59.2 Å². The van der Waals surface area contributed by atoms with E-state index in [2.05, 4.69) is 19.2 Å². The second-order valence-corrected chi connectivity index (χ2v) is 5.55. The Labute approximate surface area is 128 Å². The Hall–Kier alpha value is -2.17. The normalized spacial score (nSPS) is 11.7. The third-order valence-electron chi connectivity index (χ3n) is 3.50. The van der Waals surface area contributed by atoms with Crippen LogP contribution >= 0.6 is 0 Å². The van der Waals surface area contributed by atoms with Gasteiger partial charge in [0, 0.05) is 17.9 Å². The molecule has 2 nitrogen and oxygen atoms in total. The average Bonchev–Trinajstić information content (AvgIpc) is 2.45. The van der Waals surface area contributed by atoms with Gasteiger partial charge in [-0.1, -0.05) is 38.1 Å². The van der Waals surface area contributed by atoms with Crippen LogP contribution in [0.2, 0.25) is 0 Å². The first-order valence-corrected chi connectivity index (χ1v) is 7.07. The van der Waals surface area contributed by atoms with Gasteiger partial charge in [0.2, 0.25) is 0 Å². The number of nitrogen functional groups attached to an aromatic ring is 1. The van der Waals surface area contributed by atoms with E-state index in [0.717, 1.165) is 11.6 Å². The molecule has 0 amide bonds. The quantitative estimate of drug-likeness (QED) is 0.778. The Kier molecular flexibility index (Phi) is 4.64. The summed E-state index contributed by atoms with van der Waals surface area (Å²) in [5, 5.41) is 2.99. The van der Waals surface area contributed by atoms with Crippen LogP contribution in [0.1, 0.15) is 36.5 Å². The lowest BCUT2D eigenvalue weighted by Gasteiger charge is -2.13. The lowest BCUT2D eigenvalue weighted by atomic mass is 10.0. The summed E-state index contributed by atoms with van der Waals surface area (Å²) in [7, 11) is 0. The molecule has 0 aliphatic carbocycles. The van der Waals surface area contributed by atoms with Crippen LogP contribution in [0.3, 0.4) is 0 Å². The maximum Gasteiger partial charge on any atom is 0.418 e. The molecule has 2 aromatic rings. The third-order valence-corrected chi connectivity index (χ3v) is 3.50.